The molecule has 0 unspecified atom stereocenters. The Kier molecular flexibility index (Phi) is 4.90. The first-order valence-electron chi connectivity index (χ1n) is 2.86. The van der Waals surface area contributed by atoms with Crippen LogP contribution in [-0.4, -0.2) is 7.11 Å². The number of ether oxygens (including phenoxy) is 1. The molecule has 0 fully saturated rings. The summed E-state index contributed by atoms with van der Waals surface area (Å²) in [6, 6.07) is 9.68. The predicted octanol–water partition coefficient (Wildman–Crippen LogP) is 1.94. The number of hydrogen-bond donors (Lipinski definition) is 0. The lowest BCUT2D eigenvalue weighted by Gasteiger charge is -1.93. The van der Waals surface area contributed by atoms with Gasteiger partial charge in [0.15, 0.2) is 0 Å². The number of hydrogen-bond acceptors (Lipinski definition) is 1. The number of methoxy groups -OCH3 is 1. The molecule has 0 aliphatic carbocycles. The maximum atomic E-state index is 4.91. The quantitative estimate of drug-likeness (QED) is 0.533. The molecule has 0 spiro atoms. The molecule has 0 saturated carbocycles. The van der Waals surface area contributed by atoms with Crippen molar-refractivity contribution in [3.05, 3.63) is 30.3 Å². The van der Waals surface area contributed by atoms with Crippen LogP contribution in [0.2, 0.25) is 0 Å². The van der Waals surface area contributed by atoms with Gasteiger partial charge in [-0.05, 0) is 12.1 Å². The van der Waals surface area contributed by atoms with Crippen LogP contribution in [0.5, 0.6) is 5.75 Å². The molecule has 1 heteroatoms. The van der Waals surface area contributed by atoms with Crippen LogP contribution in [0.4, 0.5) is 0 Å². The van der Waals surface area contributed by atoms with E-state index in [-0.39, 0.29) is 0 Å². The SMILES string of the molecule is C#C.COc1ccccc1. The Hall–Kier alpha value is -1.42. The van der Waals surface area contributed by atoms with Gasteiger partial charge < -0.3 is 4.74 Å². The molecule has 0 heterocycles. The second-order valence-corrected chi connectivity index (χ2v) is 1.52. The largest absolute Gasteiger partial charge is 0.497 e. The molecule has 0 amide bonds. The molecule has 0 atom stereocenters. The molecule has 0 N–H and O–H groups in total. The number of terminal acetylenes is 1. The van der Waals surface area contributed by atoms with E-state index in [9.17, 15) is 0 Å². The van der Waals surface area contributed by atoms with E-state index in [1.165, 1.54) is 0 Å². The van der Waals surface area contributed by atoms with E-state index in [1.807, 2.05) is 30.3 Å². The highest BCUT2D eigenvalue weighted by Crippen LogP contribution is 2.05. The van der Waals surface area contributed by atoms with Crippen LogP contribution >= 0.6 is 0 Å². The van der Waals surface area contributed by atoms with Crippen LogP contribution in [0.15, 0.2) is 30.3 Å². The lowest BCUT2D eigenvalue weighted by Crippen LogP contribution is -1.78. The van der Waals surface area contributed by atoms with Gasteiger partial charge in [0.25, 0.3) is 0 Å². The van der Waals surface area contributed by atoms with Crippen LogP contribution in [0, 0.1) is 12.8 Å². The van der Waals surface area contributed by atoms with Crippen molar-refractivity contribution in [1.29, 1.82) is 0 Å². The highest BCUT2D eigenvalue weighted by molar-refractivity contribution is 5.20. The van der Waals surface area contributed by atoms with E-state index in [0.717, 1.165) is 5.75 Å². The normalized spacial score (nSPS) is 7.10. The average molecular weight is 134 g/mol. The number of benzene rings is 1. The molecule has 1 rings (SSSR count). The Balaban J connectivity index is 0.000000371. The minimum Gasteiger partial charge on any atom is -0.497 e. The van der Waals surface area contributed by atoms with Crippen molar-refractivity contribution in [3.8, 4) is 18.6 Å². The zero-order valence-corrected chi connectivity index (χ0v) is 5.95. The fourth-order valence-corrected chi connectivity index (χ4v) is 0.557. The summed E-state index contributed by atoms with van der Waals surface area (Å²) in [5, 5.41) is 0. The zero-order valence-electron chi connectivity index (χ0n) is 5.95. The summed E-state index contributed by atoms with van der Waals surface area (Å²) in [7, 11) is 1.66. The summed E-state index contributed by atoms with van der Waals surface area (Å²) in [4.78, 5) is 0. The van der Waals surface area contributed by atoms with Crippen molar-refractivity contribution < 1.29 is 4.74 Å². The minimum atomic E-state index is 0.910. The first-order chi connectivity index (χ1) is 4.93. The Morgan fingerprint density at radius 1 is 1.10 bits per heavy atom. The predicted molar refractivity (Wildman–Crippen MR) is 42.9 cm³/mol. The molecule has 10 heavy (non-hydrogen) atoms. The van der Waals surface area contributed by atoms with Gasteiger partial charge in [-0.1, -0.05) is 18.2 Å². The standard InChI is InChI=1S/C7H8O.C2H2/c1-8-7-5-3-2-4-6-7;1-2/h2-6H,1H3;1-2H. The van der Waals surface area contributed by atoms with E-state index in [2.05, 4.69) is 12.8 Å². The van der Waals surface area contributed by atoms with Crippen molar-refractivity contribution in [2.45, 2.75) is 0 Å². The Bertz CT molecular complexity index is 176. The fourth-order valence-electron chi connectivity index (χ4n) is 0.557. The highest BCUT2D eigenvalue weighted by atomic mass is 16.5. The molecule has 0 aliphatic heterocycles. The lowest BCUT2D eigenvalue weighted by atomic mass is 10.3. The van der Waals surface area contributed by atoms with Crippen molar-refractivity contribution in [2.24, 2.45) is 0 Å². The molecule has 1 aromatic carbocycles. The second kappa shape index (κ2) is 5.71. The Morgan fingerprint density at radius 3 is 1.90 bits per heavy atom. The van der Waals surface area contributed by atoms with Gasteiger partial charge in [-0.2, -0.15) is 0 Å². The third kappa shape index (κ3) is 2.78. The monoisotopic (exact) mass is 134 g/mol. The van der Waals surface area contributed by atoms with Crippen LogP contribution in [0.1, 0.15) is 0 Å². The maximum absolute atomic E-state index is 4.91. The summed E-state index contributed by atoms with van der Waals surface area (Å²) in [6.07, 6.45) is 8.00. The zero-order chi connectivity index (χ0) is 7.82. The molecule has 52 valence electrons. The van der Waals surface area contributed by atoms with Crippen LogP contribution in [-0.2, 0) is 0 Å². The van der Waals surface area contributed by atoms with Gasteiger partial charge in [-0.25, -0.2) is 0 Å². The molecule has 0 aliphatic rings. The van der Waals surface area contributed by atoms with Crippen molar-refractivity contribution in [3.63, 3.8) is 0 Å². The van der Waals surface area contributed by atoms with E-state index < -0.39 is 0 Å². The van der Waals surface area contributed by atoms with Gasteiger partial charge in [0.05, 0.1) is 7.11 Å². The number of rotatable bonds is 1. The van der Waals surface area contributed by atoms with E-state index in [1.54, 1.807) is 7.11 Å². The minimum absolute atomic E-state index is 0.910. The molecule has 0 aromatic heterocycles. The van der Waals surface area contributed by atoms with Crippen LogP contribution in [0.25, 0.3) is 0 Å². The van der Waals surface area contributed by atoms with Crippen molar-refractivity contribution >= 4 is 0 Å². The molecular formula is C9H10O. The molecule has 1 aromatic rings. The summed E-state index contributed by atoms with van der Waals surface area (Å²) >= 11 is 0. The van der Waals surface area contributed by atoms with Crippen LogP contribution in [0.3, 0.4) is 0 Å². The molecular weight excluding hydrogens is 124 g/mol. The third-order valence-electron chi connectivity index (χ3n) is 0.979. The Morgan fingerprint density at radius 2 is 1.60 bits per heavy atom. The first kappa shape index (κ1) is 8.58. The van der Waals surface area contributed by atoms with Crippen molar-refractivity contribution in [2.75, 3.05) is 7.11 Å². The fraction of sp³-hybridized carbons (Fsp3) is 0.111. The van der Waals surface area contributed by atoms with Gasteiger partial charge in [0, 0.05) is 0 Å². The maximum Gasteiger partial charge on any atom is 0.118 e. The van der Waals surface area contributed by atoms with Gasteiger partial charge >= 0.3 is 0 Å². The van der Waals surface area contributed by atoms with Gasteiger partial charge in [0.1, 0.15) is 5.75 Å². The topological polar surface area (TPSA) is 9.23 Å². The number of para-hydroxylation sites is 1. The van der Waals surface area contributed by atoms with Crippen LogP contribution < -0.4 is 4.74 Å². The highest BCUT2D eigenvalue weighted by Gasteiger charge is 1.80. The van der Waals surface area contributed by atoms with Crippen molar-refractivity contribution in [1.82, 2.24) is 0 Å². The first-order valence-corrected chi connectivity index (χ1v) is 2.86. The smallest absolute Gasteiger partial charge is 0.118 e. The van der Waals surface area contributed by atoms with Gasteiger partial charge in [-0.15, -0.1) is 12.8 Å². The molecule has 0 saturated heterocycles. The third-order valence-corrected chi connectivity index (χ3v) is 0.979. The average Bonchev–Trinajstić information content (AvgIpc) is 2.10. The van der Waals surface area contributed by atoms with E-state index in [4.69, 9.17) is 4.74 Å². The molecule has 1 nitrogen and oxygen atoms in total. The summed E-state index contributed by atoms with van der Waals surface area (Å²) in [5.74, 6) is 0.910. The summed E-state index contributed by atoms with van der Waals surface area (Å²) in [6.45, 7) is 0. The Labute approximate surface area is 61.6 Å². The lowest BCUT2D eigenvalue weighted by molar-refractivity contribution is 0.415. The van der Waals surface area contributed by atoms with Gasteiger partial charge in [0.2, 0.25) is 0 Å². The summed E-state index contributed by atoms with van der Waals surface area (Å²) < 4.78 is 4.91. The second-order valence-electron chi connectivity index (χ2n) is 1.52. The molecule has 0 radical (unpaired) electrons. The molecule has 0 bridgehead atoms. The van der Waals surface area contributed by atoms with E-state index >= 15 is 0 Å². The van der Waals surface area contributed by atoms with E-state index in [0.29, 0.717) is 0 Å². The summed E-state index contributed by atoms with van der Waals surface area (Å²) in [5.41, 5.74) is 0. The van der Waals surface area contributed by atoms with Gasteiger partial charge in [-0.3, -0.25) is 0 Å².